The van der Waals surface area contributed by atoms with E-state index in [1.165, 1.54) is 18.7 Å². The zero-order chi connectivity index (χ0) is 40.4. The number of amides is 7. The first-order valence-electron chi connectivity index (χ1n) is 18.3. The van der Waals surface area contributed by atoms with Crippen molar-refractivity contribution in [2.45, 2.75) is 129 Å². The Bertz CT molecular complexity index is 1290. The van der Waals surface area contributed by atoms with Crippen LogP contribution >= 0.6 is 0 Å². The van der Waals surface area contributed by atoms with Gasteiger partial charge in [-0.15, -0.1) is 0 Å². The highest BCUT2D eigenvalue weighted by Crippen LogP contribution is 2.20. The minimum absolute atomic E-state index is 0.113. The van der Waals surface area contributed by atoms with Gasteiger partial charge in [-0.05, 0) is 51.4 Å². The number of nitrogens with zero attached hydrogens (tertiary/aromatic N) is 2. The molecule has 19 heteroatoms. The fourth-order valence-corrected chi connectivity index (χ4v) is 5.80. The summed E-state index contributed by atoms with van der Waals surface area (Å²) >= 11 is 0. The van der Waals surface area contributed by atoms with Crippen LogP contribution in [0.1, 0.15) is 87.0 Å². The first-order chi connectivity index (χ1) is 24.9. The summed E-state index contributed by atoms with van der Waals surface area (Å²) in [6.45, 7) is 11.3. The predicted octanol–water partition coefficient (Wildman–Crippen LogP) is -2.92. The van der Waals surface area contributed by atoms with Gasteiger partial charge < -0.3 is 58.5 Å². The molecule has 1 heterocycles. The van der Waals surface area contributed by atoms with Gasteiger partial charge in [-0.25, -0.2) is 0 Å². The van der Waals surface area contributed by atoms with Crippen molar-refractivity contribution < 1.29 is 43.8 Å². The van der Waals surface area contributed by atoms with E-state index in [-0.39, 0.29) is 30.8 Å². The molecule has 0 bridgehead atoms. The first-order valence-corrected chi connectivity index (χ1v) is 18.3. The van der Waals surface area contributed by atoms with Gasteiger partial charge in [0.2, 0.25) is 41.4 Å². The number of nitrogens with two attached hydrogens (primary N) is 2. The van der Waals surface area contributed by atoms with Gasteiger partial charge in [0, 0.05) is 26.6 Å². The zero-order valence-corrected chi connectivity index (χ0v) is 32.1. The second-order valence-electron chi connectivity index (χ2n) is 13.5. The van der Waals surface area contributed by atoms with E-state index in [2.05, 4.69) is 36.9 Å². The van der Waals surface area contributed by atoms with Crippen LogP contribution in [0.3, 0.4) is 0 Å². The molecule has 9 atom stereocenters. The van der Waals surface area contributed by atoms with E-state index in [1.54, 1.807) is 27.7 Å². The highest BCUT2D eigenvalue weighted by Gasteiger charge is 2.39. The first kappa shape index (κ1) is 46.5. The fourth-order valence-electron chi connectivity index (χ4n) is 5.80. The highest BCUT2D eigenvalue weighted by atomic mass is 16.3. The molecule has 0 unspecified atom stereocenters. The van der Waals surface area contributed by atoms with Crippen LogP contribution in [0.15, 0.2) is 4.99 Å². The van der Waals surface area contributed by atoms with Crippen LogP contribution in [-0.4, -0.2) is 131 Å². The number of aliphatic hydroxyl groups excluding tert-OH is 2. The number of nitrogens with one attached hydrogen (secondary N) is 6. The van der Waals surface area contributed by atoms with Crippen LogP contribution in [0.5, 0.6) is 0 Å². The minimum Gasteiger partial charge on any atom is -0.394 e. The average molecular weight is 755 g/mol. The lowest BCUT2D eigenvalue weighted by molar-refractivity contribution is -0.142. The molecule has 1 rings (SSSR count). The number of hydrogen-bond donors (Lipinski definition) is 10. The van der Waals surface area contributed by atoms with Crippen LogP contribution in [-0.2, 0) is 33.6 Å². The summed E-state index contributed by atoms with van der Waals surface area (Å²) < 4.78 is 0. The monoisotopic (exact) mass is 754 g/mol. The number of rotatable bonds is 22. The number of carbonyl (C=O) groups excluding carboxylic acids is 7. The van der Waals surface area contributed by atoms with Crippen molar-refractivity contribution in [1.29, 1.82) is 0 Å². The molecule has 0 saturated carbocycles. The van der Waals surface area contributed by atoms with E-state index in [9.17, 15) is 43.8 Å². The normalized spacial score (nSPS) is 18.4. The van der Waals surface area contributed by atoms with Crippen molar-refractivity contribution in [2.75, 3.05) is 26.2 Å². The summed E-state index contributed by atoms with van der Waals surface area (Å²) in [5.41, 5.74) is 10.9. The Labute approximate surface area is 311 Å². The number of carbonyl (C=O) groups is 7. The number of aliphatic hydroxyl groups is 2. The lowest BCUT2D eigenvalue weighted by atomic mass is 9.96. The maximum atomic E-state index is 13.9. The molecular weight excluding hydrogens is 692 g/mol. The fraction of sp³-hybridized carbons (Fsp3) is 0.765. The topological polar surface area (TPSA) is 300 Å². The minimum atomic E-state index is -1.63. The van der Waals surface area contributed by atoms with E-state index in [4.69, 9.17) is 11.5 Å². The quantitative estimate of drug-likeness (QED) is 0.0303. The van der Waals surface area contributed by atoms with Crippen LogP contribution in [0.25, 0.3) is 0 Å². The molecule has 0 aliphatic carbocycles. The van der Waals surface area contributed by atoms with Crippen molar-refractivity contribution in [3.05, 3.63) is 0 Å². The highest BCUT2D eigenvalue weighted by molar-refractivity contribution is 5.97. The summed E-state index contributed by atoms with van der Waals surface area (Å²) in [5.74, 6) is -5.59. The Balaban J connectivity index is 3.25. The third-order valence-electron chi connectivity index (χ3n) is 9.28. The van der Waals surface area contributed by atoms with Crippen molar-refractivity contribution in [3.8, 4) is 0 Å². The SMILES string of the molecule is CCNC(=O)[C@@H]1CCCN1C(=O)[C@H](CCCN=C(N)N)NC(=O)[C@@H](NC(=O)[C@@H](NC(=O)[C@H](CO)NC(=O)[C@H](NC(C)=O)[C@H](C)CC)[C@@H](C)O)[C@@H](C)CC. The maximum Gasteiger partial charge on any atom is 0.245 e. The molecule has 12 N–H and O–H groups in total. The summed E-state index contributed by atoms with van der Waals surface area (Å²) in [6, 6.07) is -7.24. The van der Waals surface area contributed by atoms with Gasteiger partial charge in [-0.3, -0.25) is 38.6 Å². The Morgan fingerprint density at radius 1 is 0.792 bits per heavy atom. The lowest BCUT2D eigenvalue weighted by Gasteiger charge is -2.32. The van der Waals surface area contributed by atoms with Gasteiger partial charge in [0.15, 0.2) is 5.96 Å². The number of aliphatic imine (C=N–C) groups is 1. The molecule has 0 aromatic carbocycles. The summed E-state index contributed by atoms with van der Waals surface area (Å²) in [7, 11) is 0. The molecule has 19 nitrogen and oxygen atoms in total. The lowest BCUT2D eigenvalue weighted by Crippen LogP contribution is -2.63. The largest absolute Gasteiger partial charge is 0.394 e. The van der Waals surface area contributed by atoms with Gasteiger partial charge in [0.05, 0.1) is 12.7 Å². The molecule has 1 fully saturated rings. The molecule has 0 aromatic heterocycles. The van der Waals surface area contributed by atoms with Gasteiger partial charge in [0.25, 0.3) is 0 Å². The molecule has 0 aromatic rings. The number of likely N-dealkylation sites (N-methyl/N-ethyl adjacent to an activating group) is 1. The van der Waals surface area contributed by atoms with Crippen LogP contribution in [0, 0.1) is 11.8 Å². The smallest absolute Gasteiger partial charge is 0.245 e. The Kier molecular flexibility index (Phi) is 20.4. The molecule has 1 saturated heterocycles. The van der Waals surface area contributed by atoms with Crippen molar-refractivity contribution >= 4 is 47.3 Å². The van der Waals surface area contributed by atoms with Crippen LogP contribution < -0.4 is 43.4 Å². The third kappa shape index (κ3) is 14.8. The number of likely N-dealkylation sites (tertiary alicyclic amines) is 1. The summed E-state index contributed by atoms with van der Waals surface area (Å²) in [4.78, 5) is 97.3. The molecular formula is C34H62N10O9. The van der Waals surface area contributed by atoms with Gasteiger partial charge >= 0.3 is 0 Å². The molecule has 0 spiro atoms. The maximum absolute atomic E-state index is 13.9. The second-order valence-corrected chi connectivity index (χ2v) is 13.5. The van der Waals surface area contributed by atoms with E-state index in [1.807, 2.05) is 6.92 Å². The molecule has 1 aliphatic heterocycles. The van der Waals surface area contributed by atoms with Gasteiger partial charge in [-0.1, -0.05) is 40.5 Å². The van der Waals surface area contributed by atoms with Crippen molar-refractivity contribution in [1.82, 2.24) is 36.8 Å². The zero-order valence-electron chi connectivity index (χ0n) is 32.1. The van der Waals surface area contributed by atoms with E-state index in [0.29, 0.717) is 45.2 Å². The van der Waals surface area contributed by atoms with Crippen molar-refractivity contribution in [2.24, 2.45) is 28.3 Å². The molecule has 1 aliphatic rings. The van der Waals surface area contributed by atoms with Crippen LogP contribution in [0.2, 0.25) is 0 Å². The van der Waals surface area contributed by atoms with Crippen molar-refractivity contribution in [3.63, 3.8) is 0 Å². The number of hydrogen-bond acceptors (Lipinski definition) is 10. The Morgan fingerprint density at radius 2 is 1.32 bits per heavy atom. The number of guanidine groups is 1. The van der Waals surface area contributed by atoms with E-state index < -0.39 is 90.3 Å². The summed E-state index contributed by atoms with van der Waals surface area (Å²) in [5, 5.41) is 35.8. The average Bonchev–Trinajstić information content (AvgIpc) is 3.60. The molecule has 7 amide bonds. The Hall–Kier alpha value is -4.52. The molecule has 0 radical (unpaired) electrons. The van der Waals surface area contributed by atoms with Crippen LogP contribution in [0.4, 0.5) is 0 Å². The second kappa shape index (κ2) is 23.2. The van der Waals surface area contributed by atoms with Gasteiger partial charge in [0.1, 0.15) is 36.3 Å². The molecule has 302 valence electrons. The predicted molar refractivity (Wildman–Crippen MR) is 196 cm³/mol. The van der Waals surface area contributed by atoms with Gasteiger partial charge in [-0.2, -0.15) is 0 Å². The van der Waals surface area contributed by atoms with E-state index >= 15 is 0 Å². The van der Waals surface area contributed by atoms with E-state index in [0.717, 1.165) is 0 Å². The standard InChI is InChI=1S/C34H62N10O9/c1-8-18(4)25(39-21(7)47)30(50)41-23(17-45)28(48)43-27(20(6)46)32(52)42-26(19(5)9-2)31(51)40-22(13-11-15-38-34(35)36)33(53)44-16-12-14-24(44)29(49)37-10-3/h18-20,22-27,45-46H,8-17H2,1-7H3,(H,37,49)(H,39,47)(H,40,51)(H,41,50)(H,42,52)(H,43,48)(H4,35,36,38)/t18-,19+,20-,22+,23+,24+,25-,26+,27+/m1/s1. The Morgan fingerprint density at radius 3 is 1.81 bits per heavy atom. The molecule has 53 heavy (non-hydrogen) atoms. The summed E-state index contributed by atoms with van der Waals surface area (Å²) in [6.07, 6.45) is 0.896. The third-order valence-corrected chi connectivity index (χ3v) is 9.28.